The lowest BCUT2D eigenvalue weighted by Crippen LogP contribution is -2.44. The van der Waals surface area contributed by atoms with Crippen molar-refractivity contribution in [2.24, 2.45) is 0 Å². The molecular formula is C12H12BrF3N2O3. The quantitative estimate of drug-likeness (QED) is 0.856. The highest BCUT2D eigenvalue weighted by atomic mass is 79.9. The van der Waals surface area contributed by atoms with E-state index in [0.29, 0.717) is 4.47 Å². The minimum Gasteiger partial charge on any atom is -0.480 e. The largest absolute Gasteiger partial charge is 0.480 e. The number of nitrogens with one attached hydrogen (secondary N) is 1. The summed E-state index contributed by atoms with van der Waals surface area (Å²) in [6.07, 6.45) is -4.68. The predicted molar refractivity (Wildman–Crippen MR) is 73.2 cm³/mol. The molecule has 0 unspecified atom stereocenters. The monoisotopic (exact) mass is 368 g/mol. The molecule has 0 radical (unpaired) electrons. The first-order valence-electron chi connectivity index (χ1n) is 5.69. The third-order valence-corrected chi connectivity index (χ3v) is 3.47. The van der Waals surface area contributed by atoms with E-state index in [0.717, 1.165) is 5.56 Å². The fourth-order valence-corrected chi connectivity index (χ4v) is 1.88. The van der Waals surface area contributed by atoms with Gasteiger partial charge in [-0.2, -0.15) is 13.2 Å². The van der Waals surface area contributed by atoms with Crippen molar-refractivity contribution < 1.29 is 27.9 Å². The first-order chi connectivity index (χ1) is 9.60. The van der Waals surface area contributed by atoms with Gasteiger partial charge >= 0.3 is 18.2 Å². The molecule has 0 atom stereocenters. The Balaban J connectivity index is 2.90. The van der Waals surface area contributed by atoms with Crippen molar-refractivity contribution in [2.75, 3.05) is 18.4 Å². The average Bonchev–Trinajstić information content (AvgIpc) is 2.31. The number of halogens is 4. The molecule has 0 aliphatic heterocycles. The van der Waals surface area contributed by atoms with E-state index in [1.165, 1.54) is 6.07 Å². The van der Waals surface area contributed by atoms with Gasteiger partial charge in [-0.3, -0.25) is 4.79 Å². The van der Waals surface area contributed by atoms with Crippen LogP contribution in [0.1, 0.15) is 5.56 Å². The van der Waals surface area contributed by atoms with Gasteiger partial charge < -0.3 is 15.3 Å². The fraction of sp³-hybridized carbons (Fsp3) is 0.333. The van der Waals surface area contributed by atoms with Gasteiger partial charge in [0.25, 0.3) is 0 Å². The number of nitrogens with zero attached hydrogens (tertiary/aromatic N) is 1. The Morgan fingerprint density at radius 3 is 2.52 bits per heavy atom. The van der Waals surface area contributed by atoms with Crippen LogP contribution < -0.4 is 5.32 Å². The molecule has 0 aliphatic rings. The number of aryl methyl sites for hydroxylation is 1. The van der Waals surface area contributed by atoms with Gasteiger partial charge in [0, 0.05) is 4.47 Å². The lowest BCUT2D eigenvalue weighted by Gasteiger charge is -2.23. The lowest BCUT2D eigenvalue weighted by atomic mass is 10.2. The SMILES string of the molecule is Cc1cccc(NC(=O)N(CC(=O)O)CC(F)(F)F)c1Br. The average molecular weight is 369 g/mol. The molecule has 5 nitrogen and oxygen atoms in total. The second-order valence-electron chi connectivity index (χ2n) is 4.23. The first kappa shape index (κ1) is 17.3. The van der Waals surface area contributed by atoms with Crippen LogP contribution in [0.15, 0.2) is 22.7 Å². The molecule has 0 saturated heterocycles. The van der Waals surface area contributed by atoms with Crippen LogP contribution in [0.3, 0.4) is 0 Å². The van der Waals surface area contributed by atoms with Gasteiger partial charge in [0.1, 0.15) is 13.1 Å². The van der Waals surface area contributed by atoms with E-state index in [1.54, 1.807) is 19.1 Å². The van der Waals surface area contributed by atoms with Gasteiger partial charge in [-0.05, 0) is 34.5 Å². The number of alkyl halides is 3. The fourth-order valence-electron chi connectivity index (χ4n) is 1.52. The number of benzene rings is 1. The maximum absolute atomic E-state index is 12.4. The molecule has 0 spiro atoms. The van der Waals surface area contributed by atoms with Crippen molar-refractivity contribution in [1.29, 1.82) is 0 Å². The van der Waals surface area contributed by atoms with Crippen LogP contribution in [-0.4, -0.2) is 41.3 Å². The van der Waals surface area contributed by atoms with Gasteiger partial charge in [-0.1, -0.05) is 12.1 Å². The standard InChI is InChI=1S/C12H12BrF3N2O3/c1-7-3-2-4-8(10(7)13)17-11(21)18(5-9(19)20)6-12(14,15)16/h2-4H,5-6H2,1H3,(H,17,21)(H,19,20). The molecule has 0 fully saturated rings. The molecule has 0 heterocycles. The Kier molecular flexibility index (Phi) is 5.59. The number of hydrogen-bond donors (Lipinski definition) is 2. The van der Waals surface area contributed by atoms with Crippen LogP contribution in [0, 0.1) is 6.92 Å². The van der Waals surface area contributed by atoms with Crippen molar-refractivity contribution in [1.82, 2.24) is 4.90 Å². The second kappa shape index (κ2) is 6.79. The van der Waals surface area contributed by atoms with Crippen LogP contribution in [0.2, 0.25) is 0 Å². The van der Waals surface area contributed by atoms with Crippen LogP contribution in [0.4, 0.5) is 23.7 Å². The zero-order valence-electron chi connectivity index (χ0n) is 10.9. The normalized spacial score (nSPS) is 11.1. The van der Waals surface area contributed by atoms with Crippen molar-refractivity contribution in [3.8, 4) is 0 Å². The van der Waals surface area contributed by atoms with E-state index >= 15 is 0 Å². The first-order valence-corrected chi connectivity index (χ1v) is 6.49. The maximum atomic E-state index is 12.4. The Labute approximate surface area is 126 Å². The Bertz CT molecular complexity index is 549. The van der Waals surface area contributed by atoms with Gasteiger partial charge in [0.2, 0.25) is 0 Å². The summed E-state index contributed by atoms with van der Waals surface area (Å²) in [4.78, 5) is 22.6. The Hall–Kier alpha value is -1.77. The van der Waals surface area contributed by atoms with E-state index < -0.39 is 31.3 Å². The summed E-state index contributed by atoms with van der Waals surface area (Å²) < 4.78 is 37.6. The summed E-state index contributed by atoms with van der Waals surface area (Å²) >= 11 is 3.20. The third-order valence-electron chi connectivity index (χ3n) is 2.42. The molecule has 116 valence electrons. The number of rotatable bonds is 4. The summed E-state index contributed by atoms with van der Waals surface area (Å²) in [5.41, 5.74) is 1.03. The van der Waals surface area contributed by atoms with Crippen LogP contribution in [0.5, 0.6) is 0 Å². The number of amides is 2. The lowest BCUT2D eigenvalue weighted by molar-refractivity contribution is -0.148. The van der Waals surface area contributed by atoms with E-state index in [9.17, 15) is 22.8 Å². The van der Waals surface area contributed by atoms with E-state index in [4.69, 9.17) is 5.11 Å². The molecule has 1 aromatic carbocycles. The predicted octanol–water partition coefficient (Wildman–Crippen LogP) is 3.24. The summed E-state index contributed by atoms with van der Waals surface area (Å²) in [5, 5.41) is 10.9. The minimum atomic E-state index is -4.68. The van der Waals surface area contributed by atoms with E-state index in [1.807, 2.05) is 0 Å². The highest BCUT2D eigenvalue weighted by Gasteiger charge is 2.34. The number of carbonyl (C=O) groups is 2. The highest BCUT2D eigenvalue weighted by molar-refractivity contribution is 9.10. The highest BCUT2D eigenvalue weighted by Crippen LogP contribution is 2.26. The smallest absolute Gasteiger partial charge is 0.406 e. The zero-order valence-corrected chi connectivity index (χ0v) is 12.5. The van der Waals surface area contributed by atoms with Crippen molar-refractivity contribution >= 4 is 33.6 Å². The number of carboxylic acid groups (broad SMARTS) is 1. The summed E-state index contributed by atoms with van der Waals surface area (Å²) in [6, 6.07) is 3.70. The Morgan fingerprint density at radius 1 is 1.38 bits per heavy atom. The second-order valence-corrected chi connectivity index (χ2v) is 5.02. The Morgan fingerprint density at radius 2 is 2.00 bits per heavy atom. The number of carboxylic acids is 1. The molecule has 2 amide bonds. The van der Waals surface area contributed by atoms with Gasteiger partial charge in [-0.15, -0.1) is 0 Å². The van der Waals surface area contributed by atoms with Gasteiger partial charge in [0.15, 0.2) is 0 Å². The molecule has 0 bridgehead atoms. The number of aliphatic carboxylic acids is 1. The van der Waals surface area contributed by atoms with Crippen LogP contribution >= 0.6 is 15.9 Å². The molecule has 21 heavy (non-hydrogen) atoms. The molecule has 2 N–H and O–H groups in total. The topological polar surface area (TPSA) is 69.6 Å². The van der Waals surface area contributed by atoms with Crippen molar-refractivity contribution in [3.05, 3.63) is 28.2 Å². The minimum absolute atomic E-state index is 0.178. The number of hydrogen-bond acceptors (Lipinski definition) is 2. The van der Waals surface area contributed by atoms with Crippen LogP contribution in [0.25, 0.3) is 0 Å². The molecule has 0 saturated carbocycles. The van der Waals surface area contributed by atoms with Crippen LogP contribution in [-0.2, 0) is 4.79 Å². The summed E-state index contributed by atoms with van der Waals surface area (Å²) in [6.45, 7) is -0.951. The van der Waals surface area contributed by atoms with E-state index in [-0.39, 0.29) is 10.6 Å². The molecule has 9 heteroatoms. The molecule has 1 aromatic rings. The summed E-state index contributed by atoms with van der Waals surface area (Å²) in [7, 11) is 0. The zero-order chi connectivity index (χ0) is 16.2. The maximum Gasteiger partial charge on any atom is 0.406 e. The van der Waals surface area contributed by atoms with Crippen molar-refractivity contribution in [3.63, 3.8) is 0 Å². The number of anilines is 1. The van der Waals surface area contributed by atoms with Gasteiger partial charge in [0.05, 0.1) is 5.69 Å². The molecule has 1 rings (SSSR count). The summed E-state index contributed by atoms with van der Waals surface area (Å²) in [5.74, 6) is -1.53. The van der Waals surface area contributed by atoms with Gasteiger partial charge in [-0.25, -0.2) is 4.79 Å². The van der Waals surface area contributed by atoms with E-state index in [2.05, 4.69) is 21.2 Å². The molecular weight excluding hydrogens is 357 g/mol. The number of urea groups is 1. The number of carbonyl (C=O) groups excluding carboxylic acids is 1. The van der Waals surface area contributed by atoms with Crippen molar-refractivity contribution in [2.45, 2.75) is 13.1 Å². The molecule has 0 aliphatic carbocycles. The molecule has 0 aromatic heterocycles. The third kappa shape index (κ3) is 5.62.